The molecule has 0 spiro atoms. The maximum atomic E-state index is 13.2. The van der Waals surface area contributed by atoms with Gasteiger partial charge in [-0.2, -0.15) is 0 Å². The summed E-state index contributed by atoms with van der Waals surface area (Å²) >= 11 is 0. The van der Waals surface area contributed by atoms with E-state index in [-0.39, 0.29) is 23.7 Å². The number of benzene rings is 2. The highest BCUT2D eigenvalue weighted by molar-refractivity contribution is 5.98. The molecule has 0 bridgehead atoms. The highest BCUT2D eigenvalue weighted by Crippen LogP contribution is 2.24. The second-order valence-electron chi connectivity index (χ2n) is 7.23. The summed E-state index contributed by atoms with van der Waals surface area (Å²) in [7, 11) is 0. The molecule has 0 unspecified atom stereocenters. The van der Waals surface area contributed by atoms with Gasteiger partial charge in [-0.3, -0.25) is 9.59 Å². The summed E-state index contributed by atoms with van der Waals surface area (Å²) in [4.78, 5) is 27.0. The molecule has 2 saturated heterocycles. The number of carbonyl (C=O) groups excluding carboxylic acids is 2. The van der Waals surface area contributed by atoms with Crippen molar-refractivity contribution >= 4 is 17.5 Å². The monoisotopic (exact) mass is 398 g/mol. The van der Waals surface area contributed by atoms with E-state index in [4.69, 9.17) is 9.47 Å². The molecule has 2 amide bonds. The van der Waals surface area contributed by atoms with Gasteiger partial charge in [-0.05, 0) is 48.7 Å². The molecule has 2 aromatic carbocycles. The lowest BCUT2D eigenvalue weighted by atomic mass is 10.1. The zero-order valence-electron chi connectivity index (χ0n) is 16.0. The van der Waals surface area contributed by atoms with Gasteiger partial charge in [0, 0.05) is 24.4 Å². The highest BCUT2D eigenvalue weighted by atomic mass is 19.1. The molecule has 0 aromatic heterocycles. The molecule has 2 aromatic rings. The van der Waals surface area contributed by atoms with Crippen molar-refractivity contribution in [1.82, 2.24) is 4.90 Å². The van der Waals surface area contributed by atoms with Crippen LogP contribution in [0, 0.1) is 5.82 Å². The minimum absolute atomic E-state index is 0.131. The number of anilines is 1. The Bertz CT molecular complexity index is 881. The van der Waals surface area contributed by atoms with Crippen molar-refractivity contribution in [3.05, 3.63) is 65.5 Å². The number of carbonyl (C=O) groups is 2. The van der Waals surface area contributed by atoms with Gasteiger partial charge < -0.3 is 19.7 Å². The van der Waals surface area contributed by atoms with Crippen molar-refractivity contribution in [3.8, 4) is 0 Å². The van der Waals surface area contributed by atoms with Gasteiger partial charge in [0.1, 0.15) is 18.0 Å². The third kappa shape index (κ3) is 4.63. The molecule has 2 heterocycles. The molecule has 0 saturated carbocycles. The molecule has 2 fully saturated rings. The second-order valence-corrected chi connectivity index (χ2v) is 7.23. The topological polar surface area (TPSA) is 67.9 Å². The first-order valence-corrected chi connectivity index (χ1v) is 9.79. The van der Waals surface area contributed by atoms with Crippen molar-refractivity contribution in [2.24, 2.45) is 0 Å². The van der Waals surface area contributed by atoms with E-state index in [2.05, 4.69) is 5.32 Å². The molecule has 2 aliphatic rings. The fourth-order valence-corrected chi connectivity index (χ4v) is 3.63. The molecule has 4 rings (SSSR count). The molecule has 0 radical (unpaired) electrons. The van der Waals surface area contributed by atoms with Gasteiger partial charge in [-0.25, -0.2) is 4.39 Å². The first-order valence-electron chi connectivity index (χ1n) is 9.79. The van der Waals surface area contributed by atoms with E-state index in [1.807, 2.05) is 0 Å². The average molecular weight is 398 g/mol. The van der Waals surface area contributed by atoms with Gasteiger partial charge in [0.2, 0.25) is 0 Å². The van der Waals surface area contributed by atoms with Crippen LogP contribution in [-0.4, -0.2) is 49.1 Å². The van der Waals surface area contributed by atoms with Crippen molar-refractivity contribution in [3.63, 3.8) is 0 Å². The predicted molar refractivity (Wildman–Crippen MR) is 105 cm³/mol. The van der Waals surface area contributed by atoms with Crippen molar-refractivity contribution in [2.75, 3.05) is 31.6 Å². The van der Waals surface area contributed by atoms with Gasteiger partial charge >= 0.3 is 0 Å². The molecular formula is C22H23FN2O4. The first kappa shape index (κ1) is 19.5. The molecule has 6 nitrogen and oxygen atoms in total. The minimum atomic E-state index is -0.426. The Morgan fingerprint density at radius 1 is 1.07 bits per heavy atom. The number of hydrogen-bond donors (Lipinski definition) is 1. The third-order valence-corrected chi connectivity index (χ3v) is 5.19. The number of ether oxygens (including phenoxy) is 2. The van der Waals surface area contributed by atoms with Crippen LogP contribution in [0.3, 0.4) is 0 Å². The van der Waals surface area contributed by atoms with E-state index < -0.39 is 6.10 Å². The Hall–Kier alpha value is -2.77. The fraction of sp³-hybridized carbons (Fsp3) is 0.364. The summed E-state index contributed by atoms with van der Waals surface area (Å²) < 4.78 is 24.3. The van der Waals surface area contributed by atoms with Gasteiger partial charge in [0.15, 0.2) is 0 Å². The van der Waals surface area contributed by atoms with Gasteiger partial charge in [-0.1, -0.05) is 18.2 Å². The van der Waals surface area contributed by atoms with E-state index in [0.717, 1.165) is 12.0 Å². The number of nitrogens with zero attached hydrogens (tertiary/aromatic N) is 1. The van der Waals surface area contributed by atoms with E-state index in [1.54, 1.807) is 41.3 Å². The van der Waals surface area contributed by atoms with Gasteiger partial charge in [0.25, 0.3) is 11.8 Å². The first-order chi connectivity index (χ1) is 14.1. The molecule has 0 aliphatic carbocycles. The third-order valence-electron chi connectivity index (χ3n) is 5.19. The lowest BCUT2D eigenvalue weighted by molar-refractivity contribution is -0.124. The molecule has 29 heavy (non-hydrogen) atoms. The van der Waals surface area contributed by atoms with Crippen LogP contribution in [0.2, 0.25) is 0 Å². The van der Waals surface area contributed by atoms with Crippen LogP contribution >= 0.6 is 0 Å². The van der Waals surface area contributed by atoms with Gasteiger partial charge in [0.05, 0.1) is 13.2 Å². The minimum Gasteiger partial charge on any atom is -0.370 e. The quantitative estimate of drug-likeness (QED) is 0.859. The van der Waals surface area contributed by atoms with Crippen LogP contribution in [0.1, 0.15) is 34.9 Å². The van der Waals surface area contributed by atoms with E-state index in [9.17, 15) is 14.0 Å². The normalized spacial score (nSPS) is 21.8. The fourth-order valence-electron chi connectivity index (χ4n) is 3.63. The number of halogens is 1. The molecular weight excluding hydrogens is 375 g/mol. The number of amides is 2. The van der Waals surface area contributed by atoms with Crippen LogP contribution in [0.25, 0.3) is 0 Å². The van der Waals surface area contributed by atoms with Crippen LogP contribution < -0.4 is 5.32 Å². The van der Waals surface area contributed by atoms with Crippen LogP contribution in [0.4, 0.5) is 10.1 Å². The Morgan fingerprint density at radius 3 is 2.66 bits per heavy atom. The Kier molecular flexibility index (Phi) is 5.87. The molecule has 1 N–H and O–H groups in total. The van der Waals surface area contributed by atoms with Crippen LogP contribution in [-0.2, 0) is 14.3 Å². The summed E-state index contributed by atoms with van der Waals surface area (Å²) in [6, 6.07) is 13.0. The van der Waals surface area contributed by atoms with Crippen molar-refractivity contribution < 1.29 is 23.5 Å². The van der Waals surface area contributed by atoms with Crippen LogP contribution in [0.15, 0.2) is 48.5 Å². The maximum absolute atomic E-state index is 13.2. The Labute approximate surface area is 168 Å². The standard InChI is InChI=1S/C22H23FN2O4/c23-17-8-6-15(7-9-17)20-14-25(10-12-29-20)22(27)16-3-1-4-18(13-16)24-21(26)19-5-2-11-28-19/h1,3-4,6-9,13,19-20H,2,5,10-12,14H2,(H,24,26)/t19-,20-/m0/s1. The largest absolute Gasteiger partial charge is 0.370 e. The molecule has 7 heteroatoms. The summed E-state index contributed by atoms with van der Waals surface area (Å²) in [6.45, 7) is 1.87. The second kappa shape index (κ2) is 8.71. The SMILES string of the molecule is O=C(Nc1cccc(C(=O)N2CCO[C@H](c3ccc(F)cc3)C2)c1)[C@@H]1CCCO1. The smallest absolute Gasteiger partial charge is 0.254 e. The Balaban J connectivity index is 1.43. The zero-order valence-corrected chi connectivity index (χ0v) is 16.0. The number of hydrogen-bond acceptors (Lipinski definition) is 4. The lowest BCUT2D eigenvalue weighted by Crippen LogP contribution is -2.42. The van der Waals surface area contributed by atoms with Crippen molar-refractivity contribution in [1.29, 1.82) is 0 Å². The highest BCUT2D eigenvalue weighted by Gasteiger charge is 2.27. The molecule has 152 valence electrons. The Morgan fingerprint density at radius 2 is 1.90 bits per heavy atom. The molecule has 2 aliphatic heterocycles. The van der Waals surface area contributed by atoms with E-state index >= 15 is 0 Å². The summed E-state index contributed by atoms with van der Waals surface area (Å²) in [5, 5.41) is 2.83. The average Bonchev–Trinajstić information content (AvgIpc) is 3.29. The summed E-state index contributed by atoms with van der Waals surface area (Å²) in [5.41, 5.74) is 1.90. The molecule has 2 atom stereocenters. The summed E-state index contributed by atoms with van der Waals surface area (Å²) in [6.07, 6.45) is 0.868. The zero-order chi connectivity index (χ0) is 20.2. The lowest BCUT2D eigenvalue weighted by Gasteiger charge is -2.33. The summed E-state index contributed by atoms with van der Waals surface area (Å²) in [5.74, 6) is -0.622. The van der Waals surface area contributed by atoms with Crippen LogP contribution in [0.5, 0.6) is 0 Å². The van der Waals surface area contributed by atoms with E-state index in [0.29, 0.717) is 44.0 Å². The van der Waals surface area contributed by atoms with Gasteiger partial charge in [-0.15, -0.1) is 0 Å². The number of rotatable bonds is 4. The number of nitrogens with one attached hydrogen (secondary N) is 1. The van der Waals surface area contributed by atoms with Crippen molar-refractivity contribution in [2.45, 2.75) is 25.0 Å². The number of morpholine rings is 1. The van der Waals surface area contributed by atoms with E-state index in [1.165, 1.54) is 12.1 Å². The predicted octanol–water partition coefficient (Wildman–Crippen LogP) is 3.16. The maximum Gasteiger partial charge on any atom is 0.254 e.